The number of nitrogens with zero attached hydrogens (tertiary/aromatic N) is 1. The Labute approximate surface area is 77.9 Å². The number of hydrogen-bond acceptors (Lipinski definition) is 3. The molecule has 0 bridgehead atoms. The third-order valence-corrected chi connectivity index (χ3v) is 1.86. The van der Waals surface area contributed by atoms with E-state index in [0.717, 1.165) is 0 Å². The first-order valence-corrected chi connectivity index (χ1v) is 4.09. The first-order chi connectivity index (χ1) is 5.77. The van der Waals surface area contributed by atoms with E-state index in [0.29, 0.717) is 22.7 Å². The van der Waals surface area contributed by atoms with Gasteiger partial charge in [0.2, 0.25) is 0 Å². The second-order valence-corrected chi connectivity index (χ2v) is 3.02. The number of carbonyl (C=O) groups is 2. The topological polar surface area (TPSA) is 47.0 Å². The van der Waals surface area contributed by atoms with Crippen molar-refractivity contribution in [2.45, 2.75) is 5.92 Å². The van der Waals surface area contributed by atoms with E-state index >= 15 is 0 Å². The largest absolute Gasteiger partial charge is 0.302 e. The molecule has 0 N–H and O–H groups in total. The minimum Gasteiger partial charge on any atom is -0.302 e. The molecule has 1 rings (SSSR count). The van der Waals surface area contributed by atoms with Crippen LogP contribution in [0.1, 0.15) is 11.5 Å². The number of rotatable bonds is 3. The number of halogens is 1. The fourth-order valence-electron chi connectivity index (χ4n) is 0.814. The highest BCUT2D eigenvalue weighted by molar-refractivity contribution is 9.10. The molecule has 0 unspecified atom stereocenters. The van der Waals surface area contributed by atoms with Crippen molar-refractivity contribution >= 4 is 28.5 Å². The number of aromatic nitrogens is 1. The smallest absolute Gasteiger partial charge is 0.134 e. The third kappa shape index (κ3) is 1.98. The van der Waals surface area contributed by atoms with E-state index in [-0.39, 0.29) is 0 Å². The lowest BCUT2D eigenvalue weighted by Gasteiger charge is -2.01. The van der Waals surface area contributed by atoms with Gasteiger partial charge in [-0.3, -0.25) is 0 Å². The van der Waals surface area contributed by atoms with Crippen LogP contribution >= 0.6 is 15.9 Å². The first kappa shape index (κ1) is 9.06. The Kier molecular flexibility index (Phi) is 3.10. The fraction of sp³-hybridized carbons (Fsp3) is 0.125. The summed E-state index contributed by atoms with van der Waals surface area (Å²) in [6.07, 6.45) is 2.75. The van der Waals surface area contributed by atoms with Gasteiger partial charge in [0.05, 0.1) is 5.92 Å². The third-order valence-electron chi connectivity index (χ3n) is 1.43. The minimum atomic E-state index is -0.677. The molecule has 0 amide bonds. The van der Waals surface area contributed by atoms with Crippen molar-refractivity contribution in [2.75, 3.05) is 0 Å². The molecule has 62 valence electrons. The summed E-state index contributed by atoms with van der Waals surface area (Å²) in [6.45, 7) is 0. The summed E-state index contributed by atoms with van der Waals surface area (Å²) in [5.41, 5.74) is 0.655. The Morgan fingerprint density at radius 3 is 2.58 bits per heavy atom. The molecule has 0 radical (unpaired) electrons. The van der Waals surface area contributed by atoms with Gasteiger partial charge in [0.15, 0.2) is 0 Å². The molecule has 3 nitrogen and oxygen atoms in total. The van der Waals surface area contributed by atoms with E-state index < -0.39 is 5.92 Å². The second kappa shape index (κ2) is 4.11. The van der Waals surface area contributed by atoms with Crippen LogP contribution in [0.15, 0.2) is 22.9 Å². The quantitative estimate of drug-likeness (QED) is 0.445. The number of pyridine rings is 1. The van der Waals surface area contributed by atoms with E-state index in [9.17, 15) is 9.59 Å². The van der Waals surface area contributed by atoms with Gasteiger partial charge in [0, 0.05) is 6.20 Å². The minimum absolute atomic E-state index is 0.606. The monoisotopic (exact) mass is 227 g/mol. The Morgan fingerprint density at radius 2 is 2.08 bits per heavy atom. The van der Waals surface area contributed by atoms with Crippen LogP contribution in [0.4, 0.5) is 0 Å². The van der Waals surface area contributed by atoms with Gasteiger partial charge in [-0.15, -0.1) is 0 Å². The number of aldehydes is 2. The van der Waals surface area contributed by atoms with Gasteiger partial charge in [0.25, 0.3) is 0 Å². The summed E-state index contributed by atoms with van der Waals surface area (Å²) >= 11 is 3.15. The first-order valence-electron chi connectivity index (χ1n) is 3.30. The van der Waals surface area contributed by atoms with Crippen LogP contribution in [0.5, 0.6) is 0 Å². The van der Waals surface area contributed by atoms with Crippen molar-refractivity contribution in [3.05, 3.63) is 28.5 Å². The predicted molar refractivity (Wildman–Crippen MR) is 46.8 cm³/mol. The molecular weight excluding hydrogens is 222 g/mol. The van der Waals surface area contributed by atoms with E-state index in [1.54, 1.807) is 18.3 Å². The normalized spacial score (nSPS) is 9.83. The Bertz CT molecular complexity index is 293. The molecule has 12 heavy (non-hydrogen) atoms. The molecule has 1 heterocycles. The van der Waals surface area contributed by atoms with Crippen molar-refractivity contribution in [2.24, 2.45) is 0 Å². The Balaban J connectivity index is 3.00. The summed E-state index contributed by atoms with van der Waals surface area (Å²) < 4.78 is 0.619. The van der Waals surface area contributed by atoms with Crippen LogP contribution in [-0.4, -0.2) is 17.6 Å². The van der Waals surface area contributed by atoms with Crippen LogP contribution in [-0.2, 0) is 9.59 Å². The predicted octanol–water partition coefficient (Wildman–Crippen LogP) is 1.33. The molecule has 4 heteroatoms. The van der Waals surface area contributed by atoms with Crippen LogP contribution in [0.3, 0.4) is 0 Å². The zero-order valence-electron chi connectivity index (χ0n) is 6.11. The van der Waals surface area contributed by atoms with E-state index in [4.69, 9.17) is 0 Å². The molecule has 0 aliphatic rings. The molecule has 0 aromatic carbocycles. The van der Waals surface area contributed by atoms with Crippen molar-refractivity contribution in [3.63, 3.8) is 0 Å². The average molecular weight is 228 g/mol. The summed E-state index contributed by atoms with van der Waals surface area (Å²) in [4.78, 5) is 24.6. The highest BCUT2D eigenvalue weighted by Gasteiger charge is 2.08. The highest BCUT2D eigenvalue weighted by atomic mass is 79.9. The SMILES string of the molecule is O=CC(C=O)c1ccnc(Br)c1. The van der Waals surface area contributed by atoms with Crippen LogP contribution in [0, 0.1) is 0 Å². The van der Waals surface area contributed by atoms with E-state index in [1.807, 2.05) is 0 Å². The van der Waals surface area contributed by atoms with Crippen molar-refractivity contribution in [1.82, 2.24) is 4.98 Å². The van der Waals surface area contributed by atoms with Crippen LogP contribution < -0.4 is 0 Å². The Hall–Kier alpha value is -1.03. The zero-order chi connectivity index (χ0) is 8.97. The van der Waals surface area contributed by atoms with Gasteiger partial charge in [-0.25, -0.2) is 4.98 Å². The number of hydrogen-bond donors (Lipinski definition) is 0. The molecule has 0 fully saturated rings. The van der Waals surface area contributed by atoms with Crippen molar-refractivity contribution < 1.29 is 9.59 Å². The van der Waals surface area contributed by atoms with Gasteiger partial charge in [-0.2, -0.15) is 0 Å². The molecule has 0 atom stereocenters. The summed E-state index contributed by atoms with van der Waals surface area (Å²) in [5.74, 6) is -0.677. The maximum atomic E-state index is 10.4. The molecule has 1 aromatic heterocycles. The highest BCUT2D eigenvalue weighted by Crippen LogP contribution is 2.14. The Morgan fingerprint density at radius 1 is 1.42 bits per heavy atom. The van der Waals surface area contributed by atoms with Gasteiger partial charge in [-0.05, 0) is 33.6 Å². The lowest BCUT2D eigenvalue weighted by Crippen LogP contribution is -2.01. The summed E-state index contributed by atoms with van der Waals surface area (Å²) in [6, 6.07) is 3.28. The maximum absolute atomic E-state index is 10.4. The van der Waals surface area contributed by atoms with Crippen molar-refractivity contribution in [1.29, 1.82) is 0 Å². The molecule has 0 saturated heterocycles. The van der Waals surface area contributed by atoms with Gasteiger partial charge < -0.3 is 9.59 Å². The van der Waals surface area contributed by atoms with Crippen LogP contribution in [0.2, 0.25) is 0 Å². The van der Waals surface area contributed by atoms with E-state index in [2.05, 4.69) is 20.9 Å². The lowest BCUT2D eigenvalue weighted by atomic mass is 10.0. The average Bonchev–Trinajstić information content (AvgIpc) is 2.07. The molecule has 0 spiro atoms. The van der Waals surface area contributed by atoms with Gasteiger partial charge >= 0.3 is 0 Å². The van der Waals surface area contributed by atoms with Gasteiger partial charge in [-0.1, -0.05) is 0 Å². The lowest BCUT2D eigenvalue weighted by molar-refractivity contribution is -0.116. The molecular formula is C8H6BrNO2. The van der Waals surface area contributed by atoms with Crippen LogP contribution in [0.25, 0.3) is 0 Å². The van der Waals surface area contributed by atoms with Crippen molar-refractivity contribution in [3.8, 4) is 0 Å². The molecule has 1 aromatic rings. The number of carbonyl (C=O) groups excluding carboxylic acids is 2. The van der Waals surface area contributed by atoms with Gasteiger partial charge in [0.1, 0.15) is 17.2 Å². The molecule has 0 aliphatic carbocycles. The maximum Gasteiger partial charge on any atom is 0.134 e. The summed E-state index contributed by atoms with van der Waals surface area (Å²) in [7, 11) is 0. The zero-order valence-corrected chi connectivity index (χ0v) is 7.69. The van der Waals surface area contributed by atoms with E-state index in [1.165, 1.54) is 0 Å². The molecule has 0 saturated carbocycles. The fourth-order valence-corrected chi connectivity index (χ4v) is 1.20. The molecule has 0 aliphatic heterocycles. The standard InChI is InChI=1S/C8H6BrNO2/c9-8-3-6(1-2-10-8)7(4-11)5-12/h1-5,7H. The second-order valence-electron chi connectivity index (χ2n) is 2.21. The summed E-state index contributed by atoms with van der Waals surface area (Å²) in [5, 5.41) is 0.